The van der Waals surface area contributed by atoms with Crippen molar-refractivity contribution in [1.29, 1.82) is 0 Å². The van der Waals surface area contributed by atoms with Gasteiger partial charge in [0.05, 0.1) is 31.1 Å². The van der Waals surface area contributed by atoms with Crippen molar-refractivity contribution in [1.82, 2.24) is 0 Å². The molecule has 7 heteroatoms. The third kappa shape index (κ3) is 8.32. The monoisotopic (exact) mass is 499 g/mol. The Balaban J connectivity index is 2.20. The minimum absolute atomic E-state index is 0.148. The van der Waals surface area contributed by atoms with Gasteiger partial charge in [-0.15, -0.1) is 0 Å². The van der Waals surface area contributed by atoms with Crippen LogP contribution in [0.5, 0.6) is 11.5 Å². The number of hydrogen-bond acceptors (Lipinski definition) is 7. The number of oxime groups is 1. The highest BCUT2D eigenvalue weighted by Crippen LogP contribution is 2.38. The summed E-state index contributed by atoms with van der Waals surface area (Å²) in [5.41, 5.74) is 1.30. The zero-order valence-corrected chi connectivity index (χ0v) is 22.3. The van der Waals surface area contributed by atoms with Crippen molar-refractivity contribution in [2.75, 3.05) is 14.2 Å². The van der Waals surface area contributed by atoms with Gasteiger partial charge in [-0.05, 0) is 37.5 Å². The number of ether oxygens (including phenoxy) is 2. The number of ketones is 2. The number of allylic oxidation sites excluding steroid dienone is 2. The second kappa shape index (κ2) is 15.9. The number of rotatable bonds is 17. The molecule has 0 saturated heterocycles. The molecule has 1 aliphatic carbocycles. The minimum Gasteiger partial charge on any atom is -0.496 e. The molecule has 0 aliphatic heterocycles. The maximum Gasteiger partial charge on any atom is 0.335 e. The second-order valence-electron chi connectivity index (χ2n) is 9.15. The van der Waals surface area contributed by atoms with E-state index in [-0.39, 0.29) is 40.6 Å². The SMILES string of the molecule is CCCCCCCCCCCCC(=NOC(=O)CCC)c1cc(OC)c2c(c1OC)C(=O)C=CC2=O. The van der Waals surface area contributed by atoms with Crippen molar-refractivity contribution in [3.05, 3.63) is 34.9 Å². The van der Waals surface area contributed by atoms with Crippen LogP contribution >= 0.6 is 0 Å². The lowest BCUT2D eigenvalue weighted by molar-refractivity contribution is -0.143. The number of benzene rings is 1. The fraction of sp³-hybridized carbons (Fsp3) is 0.586. The number of nitrogens with zero attached hydrogens (tertiary/aromatic N) is 1. The highest BCUT2D eigenvalue weighted by molar-refractivity contribution is 6.25. The molecule has 0 aromatic heterocycles. The summed E-state index contributed by atoms with van der Waals surface area (Å²) in [7, 11) is 2.89. The number of unbranched alkanes of at least 4 members (excludes halogenated alkanes) is 9. The summed E-state index contributed by atoms with van der Waals surface area (Å²) in [4.78, 5) is 42.5. The van der Waals surface area contributed by atoms with Gasteiger partial charge in [-0.2, -0.15) is 0 Å². The summed E-state index contributed by atoms with van der Waals surface area (Å²) >= 11 is 0. The summed E-state index contributed by atoms with van der Waals surface area (Å²) in [5.74, 6) is -0.585. The van der Waals surface area contributed by atoms with Gasteiger partial charge in [-0.1, -0.05) is 76.8 Å². The van der Waals surface area contributed by atoms with Crippen molar-refractivity contribution in [2.45, 2.75) is 97.3 Å². The van der Waals surface area contributed by atoms with E-state index in [1.165, 1.54) is 71.3 Å². The van der Waals surface area contributed by atoms with Gasteiger partial charge < -0.3 is 14.3 Å². The van der Waals surface area contributed by atoms with E-state index in [0.29, 0.717) is 24.1 Å². The van der Waals surface area contributed by atoms with Gasteiger partial charge >= 0.3 is 5.97 Å². The number of carbonyl (C=O) groups excluding carboxylic acids is 3. The van der Waals surface area contributed by atoms with E-state index in [2.05, 4.69) is 12.1 Å². The lowest BCUT2D eigenvalue weighted by Gasteiger charge is -2.20. The second-order valence-corrected chi connectivity index (χ2v) is 9.15. The summed E-state index contributed by atoms with van der Waals surface area (Å²) in [6.45, 7) is 4.12. The van der Waals surface area contributed by atoms with Gasteiger partial charge in [0.25, 0.3) is 0 Å². The van der Waals surface area contributed by atoms with Crippen LogP contribution in [0.4, 0.5) is 0 Å². The molecule has 36 heavy (non-hydrogen) atoms. The van der Waals surface area contributed by atoms with Crippen LogP contribution in [0, 0.1) is 0 Å². The average Bonchev–Trinajstić information content (AvgIpc) is 2.88. The van der Waals surface area contributed by atoms with Gasteiger partial charge in [0.2, 0.25) is 0 Å². The van der Waals surface area contributed by atoms with Gasteiger partial charge in [0, 0.05) is 12.0 Å². The minimum atomic E-state index is -0.420. The number of hydrogen-bond donors (Lipinski definition) is 0. The molecule has 2 rings (SSSR count). The van der Waals surface area contributed by atoms with Crippen LogP contribution in [-0.2, 0) is 9.63 Å². The van der Waals surface area contributed by atoms with E-state index in [1.54, 1.807) is 6.07 Å². The fourth-order valence-electron chi connectivity index (χ4n) is 4.39. The summed E-state index contributed by atoms with van der Waals surface area (Å²) in [6.07, 6.45) is 15.8. The molecule has 0 heterocycles. The lowest BCUT2D eigenvalue weighted by atomic mass is 9.88. The van der Waals surface area contributed by atoms with E-state index >= 15 is 0 Å². The molecule has 0 fully saturated rings. The van der Waals surface area contributed by atoms with Crippen LogP contribution in [0.1, 0.15) is 124 Å². The molecular weight excluding hydrogens is 458 g/mol. The van der Waals surface area contributed by atoms with Crippen LogP contribution in [0.2, 0.25) is 0 Å². The highest BCUT2D eigenvalue weighted by Gasteiger charge is 2.31. The van der Waals surface area contributed by atoms with E-state index < -0.39 is 5.97 Å². The largest absolute Gasteiger partial charge is 0.496 e. The Morgan fingerprint density at radius 1 is 0.750 bits per heavy atom. The highest BCUT2D eigenvalue weighted by atomic mass is 16.7. The van der Waals surface area contributed by atoms with E-state index in [0.717, 1.165) is 19.3 Å². The first kappa shape index (κ1) is 29.3. The molecule has 0 radical (unpaired) electrons. The Bertz CT molecular complexity index is 963. The van der Waals surface area contributed by atoms with Crippen LogP contribution in [0.3, 0.4) is 0 Å². The molecule has 0 saturated carbocycles. The Labute approximate surface area is 215 Å². The third-order valence-electron chi connectivity index (χ3n) is 6.34. The Morgan fingerprint density at radius 2 is 1.33 bits per heavy atom. The van der Waals surface area contributed by atoms with E-state index in [1.807, 2.05) is 6.92 Å². The Kier molecular flexibility index (Phi) is 12.9. The molecule has 0 amide bonds. The van der Waals surface area contributed by atoms with Crippen molar-refractivity contribution < 1.29 is 28.7 Å². The predicted molar refractivity (Wildman–Crippen MR) is 141 cm³/mol. The topological polar surface area (TPSA) is 91.3 Å². The Hall–Kier alpha value is -2.96. The number of carbonyl (C=O) groups is 3. The molecule has 0 atom stereocenters. The third-order valence-corrected chi connectivity index (χ3v) is 6.34. The molecule has 0 N–H and O–H groups in total. The first-order valence-electron chi connectivity index (χ1n) is 13.3. The van der Waals surface area contributed by atoms with Crippen molar-refractivity contribution >= 4 is 23.2 Å². The van der Waals surface area contributed by atoms with Crippen molar-refractivity contribution in [2.24, 2.45) is 5.16 Å². The molecule has 7 nitrogen and oxygen atoms in total. The smallest absolute Gasteiger partial charge is 0.335 e. The van der Waals surface area contributed by atoms with Crippen LogP contribution < -0.4 is 9.47 Å². The molecule has 0 bridgehead atoms. The summed E-state index contributed by atoms with van der Waals surface area (Å²) < 4.78 is 11.1. The molecule has 198 valence electrons. The number of fused-ring (bicyclic) bond motifs is 1. The zero-order chi connectivity index (χ0) is 26.3. The lowest BCUT2D eigenvalue weighted by Crippen LogP contribution is -2.18. The fourth-order valence-corrected chi connectivity index (χ4v) is 4.39. The molecular formula is C29H41NO6. The first-order valence-corrected chi connectivity index (χ1v) is 13.3. The van der Waals surface area contributed by atoms with E-state index in [4.69, 9.17) is 14.3 Å². The van der Waals surface area contributed by atoms with Gasteiger partial charge in [0.1, 0.15) is 11.5 Å². The van der Waals surface area contributed by atoms with Gasteiger partial charge in [-0.3, -0.25) is 9.59 Å². The van der Waals surface area contributed by atoms with E-state index in [9.17, 15) is 14.4 Å². The van der Waals surface area contributed by atoms with Crippen LogP contribution in [0.25, 0.3) is 0 Å². The molecule has 1 aliphatic rings. The normalized spacial score (nSPS) is 13.1. The van der Waals surface area contributed by atoms with Crippen molar-refractivity contribution in [3.8, 4) is 11.5 Å². The maximum atomic E-state index is 12.7. The van der Waals surface area contributed by atoms with Gasteiger partial charge in [-0.25, -0.2) is 4.79 Å². The molecule has 0 spiro atoms. The average molecular weight is 500 g/mol. The molecule has 1 aromatic rings. The standard InChI is InChI=1S/C29H41NO6/c1-5-7-8-9-10-11-12-13-14-15-17-22(30-36-26(33)16-6-2)21-20-25(34-3)27-23(31)18-19-24(32)28(27)29(21)35-4/h18-20H,5-17H2,1-4H3. The quantitative estimate of drug-likeness (QED) is 0.0992. The maximum absolute atomic E-state index is 12.7. The summed E-state index contributed by atoms with van der Waals surface area (Å²) in [5, 5.41) is 4.18. The number of methoxy groups -OCH3 is 2. The Morgan fingerprint density at radius 3 is 1.89 bits per heavy atom. The van der Waals surface area contributed by atoms with Crippen LogP contribution in [-0.4, -0.2) is 37.5 Å². The zero-order valence-electron chi connectivity index (χ0n) is 22.3. The predicted octanol–water partition coefficient (Wildman–Crippen LogP) is 7.00. The summed E-state index contributed by atoms with van der Waals surface area (Å²) in [6, 6.07) is 1.64. The molecule has 1 aromatic carbocycles. The van der Waals surface area contributed by atoms with Crippen molar-refractivity contribution in [3.63, 3.8) is 0 Å². The van der Waals surface area contributed by atoms with Crippen LogP contribution in [0.15, 0.2) is 23.4 Å². The van der Waals surface area contributed by atoms with Gasteiger partial charge in [0.15, 0.2) is 11.6 Å². The molecule has 0 unspecified atom stereocenters. The first-order chi connectivity index (χ1) is 17.5.